The summed E-state index contributed by atoms with van der Waals surface area (Å²) in [4.78, 5) is 12.4. The molecule has 32 heavy (non-hydrogen) atoms. The standard InChI is InChI=1S/C29H53NO2/c1-2-3-4-5-6-7-8-9-10-11-12-13-14-15-16-17-18-30-28(31)32-29-22-25-19-26(23-29)21-27(20-25)24-29/h25-27H,2-24H2,1H3,(H,30,31). The van der Waals surface area contributed by atoms with Crippen LogP contribution in [0.3, 0.4) is 0 Å². The first-order valence-electron chi connectivity index (χ1n) is 14.7. The maximum atomic E-state index is 12.4. The van der Waals surface area contributed by atoms with Crippen molar-refractivity contribution in [3.63, 3.8) is 0 Å². The summed E-state index contributed by atoms with van der Waals surface area (Å²) < 4.78 is 6.03. The van der Waals surface area contributed by atoms with Gasteiger partial charge in [0.15, 0.2) is 0 Å². The third-order valence-electron chi connectivity index (χ3n) is 8.59. The number of unbranched alkanes of at least 4 members (excludes halogenated alkanes) is 15. The van der Waals surface area contributed by atoms with E-state index in [-0.39, 0.29) is 11.7 Å². The summed E-state index contributed by atoms with van der Waals surface area (Å²) in [6, 6.07) is 0. The van der Waals surface area contributed by atoms with E-state index >= 15 is 0 Å². The zero-order chi connectivity index (χ0) is 22.5. The van der Waals surface area contributed by atoms with Crippen molar-refractivity contribution in [2.75, 3.05) is 6.54 Å². The molecule has 3 nitrogen and oxygen atoms in total. The summed E-state index contributed by atoms with van der Waals surface area (Å²) in [5.41, 5.74) is -0.104. The molecule has 4 aliphatic carbocycles. The van der Waals surface area contributed by atoms with E-state index in [1.807, 2.05) is 0 Å². The highest BCUT2D eigenvalue weighted by molar-refractivity contribution is 5.67. The molecule has 4 fully saturated rings. The molecule has 4 saturated carbocycles. The van der Waals surface area contributed by atoms with Gasteiger partial charge in [-0.1, -0.05) is 103 Å². The van der Waals surface area contributed by atoms with E-state index in [1.54, 1.807) is 0 Å². The second-order valence-corrected chi connectivity index (χ2v) is 11.7. The van der Waals surface area contributed by atoms with E-state index < -0.39 is 0 Å². The van der Waals surface area contributed by atoms with Crippen LogP contribution in [0.1, 0.15) is 148 Å². The van der Waals surface area contributed by atoms with Crippen LogP contribution in [-0.2, 0) is 4.74 Å². The average Bonchev–Trinajstić information content (AvgIpc) is 2.74. The summed E-state index contributed by atoms with van der Waals surface area (Å²) in [7, 11) is 0. The Labute approximate surface area is 199 Å². The molecule has 0 heterocycles. The highest BCUT2D eigenvalue weighted by Crippen LogP contribution is 2.57. The average molecular weight is 448 g/mol. The number of nitrogens with one attached hydrogen (secondary N) is 1. The lowest BCUT2D eigenvalue weighted by Gasteiger charge is -2.55. The molecule has 4 bridgehead atoms. The number of ether oxygens (including phenoxy) is 1. The van der Waals surface area contributed by atoms with Crippen molar-refractivity contribution in [1.29, 1.82) is 0 Å². The molecule has 0 spiro atoms. The number of hydrogen-bond donors (Lipinski definition) is 1. The minimum absolute atomic E-state index is 0.104. The van der Waals surface area contributed by atoms with Gasteiger partial charge in [-0.05, 0) is 62.7 Å². The van der Waals surface area contributed by atoms with Crippen molar-refractivity contribution in [2.45, 2.75) is 154 Å². The van der Waals surface area contributed by atoms with Gasteiger partial charge in [0.1, 0.15) is 5.60 Å². The van der Waals surface area contributed by atoms with E-state index in [9.17, 15) is 4.79 Å². The Bertz CT molecular complexity index is 482. The number of amides is 1. The van der Waals surface area contributed by atoms with Crippen LogP contribution >= 0.6 is 0 Å². The fraction of sp³-hybridized carbons (Fsp3) is 0.966. The fourth-order valence-electron chi connectivity index (χ4n) is 7.25. The van der Waals surface area contributed by atoms with E-state index in [1.165, 1.54) is 116 Å². The topological polar surface area (TPSA) is 38.3 Å². The molecule has 0 unspecified atom stereocenters. The second-order valence-electron chi connectivity index (χ2n) is 11.7. The first kappa shape index (κ1) is 25.9. The molecule has 0 aliphatic heterocycles. The minimum atomic E-state index is -0.145. The fourth-order valence-corrected chi connectivity index (χ4v) is 7.25. The first-order valence-corrected chi connectivity index (χ1v) is 14.7. The van der Waals surface area contributed by atoms with Crippen LogP contribution < -0.4 is 5.32 Å². The highest BCUT2D eigenvalue weighted by atomic mass is 16.6. The van der Waals surface area contributed by atoms with Crippen molar-refractivity contribution >= 4 is 6.09 Å². The van der Waals surface area contributed by atoms with Crippen LogP contribution in [0.25, 0.3) is 0 Å². The van der Waals surface area contributed by atoms with Gasteiger partial charge in [-0.2, -0.15) is 0 Å². The SMILES string of the molecule is CCCCCCCCCCCCCCCCCCNC(=O)OC12CC3CC(CC(C3)C1)C2. The molecular weight excluding hydrogens is 394 g/mol. The molecule has 186 valence electrons. The van der Waals surface area contributed by atoms with Gasteiger partial charge in [0.05, 0.1) is 0 Å². The monoisotopic (exact) mass is 447 g/mol. The van der Waals surface area contributed by atoms with Crippen molar-refractivity contribution in [3.05, 3.63) is 0 Å². The molecule has 0 aromatic rings. The van der Waals surface area contributed by atoms with Crippen molar-refractivity contribution in [3.8, 4) is 0 Å². The number of carbonyl (C=O) groups is 1. The predicted molar refractivity (Wildman–Crippen MR) is 135 cm³/mol. The van der Waals surface area contributed by atoms with Crippen LogP contribution in [0.15, 0.2) is 0 Å². The molecule has 0 aromatic carbocycles. The van der Waals surface area contributed by atoms with Crippen LogP contribution in [-0.4, -0.2) is 18.2 Å². The number of carbonyl (C=O) groups excluding carboxylic acids is 1. The molecule has 1 amide bonds. The van der Waals surface area contributed by atoms with Crippen molar-refractivity contribution < 1.29 is 9.53 Å². The Morgan fingerprint density at radius 2 is 1.03 bits per heavy atom. The molecule has 4 rings (SSSR count). The number of rotatable bonds is 18. The summed E-state index contributed by atoms with van der Waals surface area (Å²) in [6.45, 7) is 3.07. The Kier molecular flexibility index (Phi) is 11.7. The maximum absolute atomic E-state index is 12.4. The minimum Gasteiger partial charge on any atom is -0.443 e. The normalized spacial score (nSPS) is 28.2. The summed E-state index contributed by atoms with van der Waals surface area (Å²) in [5, 5.41) is 3.05. The van der Waals surface area contributed by atoms with Gasteiger partial charge in [-0.25, -0.2) is 4.79 Å². The second kappa shape index (κ2) is 14.5. The number of alkyl carbamates (subject to hydrolysis) is 1. The third kappa shape index (κ3) is 9.26. The molecular formula is C29H53NO2. The Hall–Kier alpha value is -0.730. The molecule has 0 radical (unpaired) electrons. The Morgan fingerprint density at radius 1 is 0.656 bits per heavy atom. The van der Waals surface area contributed by atoms with Gasteiger partial charge in [-0.3, -0.25) is 0 Å². The Balaban J connectivity index is 1.06. The maximum Gasteiger partial charge on any atom is 0.407 e. The lowest BCUT2D eigenvalue weighted by Crippen LogP contribution is -2.53. The molecule has 0 saturated heterocycles. The summed E-state index contributed by atoms with van der Waals surface area (Å²) in [6.07, 6.45) is 29.5. The van der Waals surface area contributed by atoms with Gasteiger partial charge >= 0.3 is 6.09 Å². The number of hydrogen-bond acceptors (Lipinski definition) is 2. The largest absolute Gasteiger partial charge is 0.443 e. The quantitative estimate of drug-likeness (QED) is 0.213. The van der Waals surface area contributed by atoms with E-state index in [4.69, 9.17) is 4.74 Å². The van der Waals surface area contributed by atoms with Gasteiger partial charge in [-0.15, -0.1) is 0 Å². The summed E-state index contributed by atoms with van der Waals surface area (Å²) >= 11 is 0. The zero-order valence-electron chi connectivity index (χ0n) is 21.3. The van der Waals surface area contributed by atoms with Gasteiger partial charge in [0.25, 0.3) is 0 Å². The van der Waals surface area contributed by atoms with E-state index in [0.29, 0.717) is 0 Å². The lowest BCUT2D eigenvalue weighted by atomic mass is 9.54. The van der Waals surface area contributed by atoms with Gasteiger partial charge < -0.3 is 10.1 Å². The van der Waals surface area contributed by atoms with Crippen LogP contribution in [0.4, 0.5) is 4.79 Å². The molecule has 4 aliphatic rings. The molecule has 0 atom stereocenters. The zero-order valence-corrected chi connectivity index (χ0v) is 21.3. The first-order chi connectivity index (χ1) is 15.7. The van der Waals surface area contributed by atoms with E-state index in [0.717, 1.165) is 50.0 Å². The van der Waals surface area contributed by atoms with Crippen LogP contribution in [0.5, 0.6) is 0 Å². The van der Waals surface area contributed by atoms with E-state index in [2.05, 4.69) is 12.2 Å². The summed E-state index contributed by atoms with van der Waals surface area (Å²) in [5.74, 6) is 2.48. The van der Waals surface area contributed by atoms with Crippen molar-refractivity contribution in [2.24, 2.45) is 17.8 Å². The molecule has 1 N–H and O–H groups in total. The van der Waals surface area contributed by atoms with Gasteiger partial charge in [0, 0.05) is 6.54 Å². The smallest absolute Gasteiger partial charge is 0.407 e. The predicted octanol–water partition coefficient (Wildman–Crippen LogP) is 8.94. The highest BCUT2D eigenvalue weighted by Gasteiger charge is 2.53. The third-order valence-corrected chi connectivity index (χ3v) is 8.59. The van der Waals surface area contributed by atoms with Crippen LogP contribution in [0, 0.1) is 17.8 Å². The van der Waals surface area contributed by atoms with Crippen molar-refractivity contribution in [1.82, 2.24) is 5.32 Å². The molecule has 3 heteroatoms. The van der Waals surface area contributed by atoms with Gasteiger partial charge in [0.2, 0.25) is 0 Å². The lowest BCUT2D eigenvalue weighted by molar-refractivity contribution is -0.127. The molecule has 0 aromatic heterocycles. The van der Waals surface area contributed by atoms with Crippen LogP contribution in [0.2, 0.25) is 0 Å². The Morgan fingerprint density at radius 3 is 1.44 bits per heavy atom.